The van der Waals surface area contributed by atoms with Gasteiger partial charge in [0.15, 0.2) is 5.78 Å². The molecule has 0 bridgehead atoms. The van der Waals surface area contributed by atoms with E-state index in [0.717, 1.165) is 9.87 Å². The smallest absolute Gasteiger partial charge is 0.327 e. The largest absolute Gasteiger partial charge is 0.459 e. The van der Waals surface area contributed by atoms with Gasteiger partial charge >= 0.3 is 5.97 Å². The molecule has 0 aliphatic rings. The highest BCUT2D eigenvalue weighted by Crippen LogP contribution is 2.34. The molecule has 3 aromatic carbocycles. The predicted molar refractivity (Wildman–Crippen MR) is 158 cm³/mol. The number of rotatable bonds is 9. The number of hydrogen-bond acceptors (Lipinski definition) is 6. The maximum Gasteiger partial charge on any atom is 0.327 e. The number of carbonyl (C=O) groups excluding carboxylic acids is 2. The molecule has 0 N–H and O–H groups in total. The Balaban J connectivity index is 1.80. The van der Waals surface area contributed by atoms with Crippen molar-refractivity contribution in [2.24, 2.45) is 0 Å². The molecule has 0 saturated heterocycles. The molecule has 1 aromatic heterocycles. The van der Waals surface area contributed by atoms with E-state index in [1.54, 1.807) is 69.6 Å². The van der Waals surface area contributed by atoms with E-state index < -0.39 is 28.1 Å². The molecule has 4 rings (SSSR count). The molecule has 208 valence electrons. The van der Waals surface area contributed by atoms with Gasteiger partial charge in [-0.1, -0.05) is 59.6 Å². The molecule has 0 spiro atoms. The van der Waals surface area contributed by atoms with Gasteiger partial charge in [0.05, 0.1) is 10.6 Å². The van der Waals surface area contributed by atoms with Gasteiger partial charge in [-0.3, -0.25) is 18.9 Å². The van der Waals surface area contributed by atoms with Crippen molar-refractivity contribution in [3.05, 3.63) is 100 Å². The topological polar surface area (TPSA) is 93.6 Å². The summed E-state index contributed by atoms with van der Waals surface area (Å²) in [7, 11) is -4.35. The first-order valence-electron chi connectivity index (χ1n) is 12.5. The maximum atomic E-state index is 14.0. The van der Waals surface area contributed by atoms with Crippen molar-refractivity contribution in [1.82, 2.24) is 4.98 Å². The number of fused-ring (bicyclic) bond motifs is 1. The highest BCUT2D eigenvalue weighted by Gasteiger charge is 2.31. The van der Waals surface area contributed by atoms with E-state index >= 15 is 0 Å². The van der Waals surface area contributed by atoms with Gasteiger partial charge in [-0.25, -0.2) is 8.42 Å². The van der Waals surface area contributed by atoms with Crippen LogP contribution in [0.4, 0.5) is 5.69 Å². The quantitative estimate of drug-likeness (QED) is 0.154. The number of Topliss-reactive ketones (excluding diaryl/α,β-unsaturated/α-hetero) is 1. The lowest BCUT2D eigenvalue weighted by Crippen LogP contribution is -2.39. The number of sulfonamides is 1. The summed E-state index contributed by atoms with van der Waals surface area (Å²) in [6.07, 6.45) is 4.15. The number of pyridine rings is 1. The van der Waals surface area contributed by atoms with Crippen molar-refractivity contribution in [2.45, 2.75) is 44.1 Å². The van der Waals surface area contributed by atoms with Crippen molar-refractivity contribution < 1.29 is 22.7 Å². The summed E-state index contributed by atoms with van der Waals surface area (Å²) in [5.74, 6) is -0.848. The lowest BCUT2D eigenvalue weighted by molar-refractivity contribution is -0.152. The number of aryl methyl sites for hydroxylation is 1. The van der Waals surface area contributed by atoms with E-state index in [9.17, 15) is 18.0 Å². The van der Waals surface area contributed by atoms with Crippen molar-refractivity contribution in [2.75, 3.05) is 10.8 Å². The number of hydrogen-bond donors (Lipinski definition) is 0. The Morgan fingerprint density at radius 2 is 1.60 bits per heavy atom. The van der Waals surface area contributed by atoms with E-state index in [2.05, 4.69) is 4.98 Å². The molecule has 0 atom stereocenters. The van der Waals surface area contributed by atoms with Crippen LogP contribution in [0.25, 0.3) is 10.8 Å². The van der Waals surface area contributed by atoms with Crippen LogP contribution < -0.4 is 4.31 Å². The fourth-order valence-corrected chi connectivity index (χ4v) is 6.44. The van der Waals surface area contributed by atoms with Gasteiger partial charge in [-0.05, 0) is 68.5 Å². The fourth-order valence-electron chi connectivity index (χ4n) is 4.29. The number of esters is 1. The Morgan fingerprint density at radius 1 is 0.925 bits per heavy atom. The van der Waals surface area contributed by atoms with Gasteiger partial charge in [-0.15, -0.1) is 0 Å². The molecular formula is C30H28Cl2N2O5S. The Morgan fingerprint density at radius 3 is 2.25 bits per heavy atom. The summed E-state index contributed by atoms with van der Waals surface area (Å²) in [5, 5.41) is 1.30. The first kappa shape index (κ1) is 29.5. The average Bonchev–Trinajstić information content (AvgIpc) is 2.89. The normalized spacial score (nSPS) is 11.8. The van der Waals surface area contributed by atoms with E-state index in [1.807, 2.05) is 12.1 Å². The van der Waals surface area contributed by atoms with Crippen LogP contribution in [0, 0.1) is 0 Å². The van der Waals surface area contributed by atoms with E-state index in [4.69, 9.17) is 27.9 Å². The van der Waals surface area contributed by atoms with Crippen molar-refractivity contribution in [3.8, 4) is 0 Å². The molecule has 0 amide bonds. The van der Waals surface area contributed by atoms with E-state index in [1.165, 1.54) is 18.2 Å². The molecule has 40 heavy (non-hydrogen) atoms. The molecule has 4 aromatic rings. The number of ketones is 1. The van der Waals surface area contributed by atoms with E-state index in [-0.39, 0.29) is 32.8 Å². The molecule has 0 unspecified atom stereocenters. The molecule has 0 fully saturated rings. The minimum absolute atomic E-state index is 0.102. The molecule has 0 aliphatic heterocycles. The van der Waals surface area contributed by atoms with Gasteiger partial charge in [0.1, 0.15) is 12.1 Å². The number of anilines is 1. The second kappa shape index (κ2) is 12.0. The molecule has 1 heterocycles. The summed E-state index contributed by atoms with van der Waals surface area (Å²) in [6.45, 7) is 4.48. The number of halogens is 2. The fraction of sp³-hybridized carbons (Fsp3) is 0.233. The summed E-state index contributed by atoms with van der Waals surface area (Å²) in [4.78, 5) is 30.1. The van der Waals surface area contributed by atoms with Crippen LogP contribution in [-0.2, 0) is 26.0 Å². The second-order valence-electron chi connectivity index (χ2n) is 10.2. The SMILES string of the molecule is CC(C)(C)OC(=O)CN(c1cccc2c(C(=O)CCc3cccnc3)cccc12)S(=O)(=O)c1cc(Cl)cc(Cl)c1. The predicted octanol–water partition coefficient (Wildman–Crippen LogP) is 6.89. The zero-order valence-corrected chi connectivity index (χ0v) is 24.6. The third-order valence-electron chi connectivity index (χ3n) is 5.95. The van der Waals surface area contributed by atoms with Crippen LogP contribution in [0.3, 0.4) is 0 Å². The highest BCUT2D eigenvalue weighted by atomic mass is 35.5. The Bertz CT molecular complexity index is 1650. The standard InChI is InChI=1S/C30H28Cl2N2O5S/c1-30(2,3)39-29(36)19-34(40(37,38)23-16-21(31)15-22(32)17-23)27-11-5-8-24-25(27)9-4-10-26(24)28(35)13-12-20-7-6-14-33-18-20/h4-11,14-18H,12-13,19H2,1-3H3. The lowest BCUT2D eigenvalue weighted by Gasteiger charge is -2.27. The molecular weight excluding hydrogens is 571 g/mol. The van der Waals surface area contributed by atoms with Crippen LogP contribution in [0.15, 0.2) is 84.0 Å². The van der Waals surface area contributed by atoms with Crippen LogP contribution in [0.5, 0.6) is 0 Å². The summed E-state index contributed by atoms with van der Waals surface area (Å²) in [6, 6.07) is 17.8. The van der Waals surface area contributed by atoms with Crippen LogP contribution in [-0.4, -0.2) is 37.3 Å². The summed E-state index contributed by atoms with van der Waals surface area (Å²) < 4.78 is 34.4. The summed E-state index contributed by atoms with van der Waals surface area (Å²) in [5.41, 5.74) is 0.759. The van der Waals surface area contributed by atoms with Crippen molar-refractivity contribution in [1.29, 1.82) is 0 Å². The Kier molecular flexibility index (Phi) is 8.83. The van der Waals surface area contributed by atoms with Gasteiger partial charge in [0.2, 0.25) is 0 Å². The van der Waals surface area contributed by atoms with Gasteiger partial charge in [-0.2, -0.15) is 0 Å². The van der Waals surface area contributed by atoms with Crippen LogP contribution in [0.1, 0.15) is 43.1 Å². The second-order valence-corrected chi connectivity index (χ2v) is 12.9. The van der Waals surface area contributed by atoms with Crippen LogP contribution in [0.2, 0.25) is 10.0 Å². The number of benzene rings is 3. The molecule has 0 radical (unpaired) electrons. The monoisotopic (exact) mass is 598 g/mol. The van der Waals surface area contributed by atoms with Crippen LogP contribution >= 0.6 is 23.2 Å². The number of nitrogens with zero attached hydrogens (tertiary/aromatic N) is 2. The van der Waals surface area contributed by atoms with E-state index in [0.29, 0.717) is 22.8 Å². The molecule has 0 aliphatic carbocycles. The minimum atomic E-state index is -4.35. The third kappa shape index (κ3) is 6.99. The number of carbonyl (C=O) groups is 2. The van der Waals surface area contributed by atoms with Gasteiger partial charge in [0.25, 0.3) is 10.0 Å². The maximum absolute atomic E-state index is 14.0. The first-order chi connectivity index (χ1) is 18.8. The van der Waals surface area contributed by atoms with Gasteiger partial charge < -0.3 is 4.74 Å². The summed E-state index contributed by atoms with van der Waals surface area (Å²) >= 11 is 12.2. The Hall–Kier alpha value is -3.46. The Labute approximate surface area is 243 Å². The highest BCUT2D eigenvalue weighted by molar-refractivity contribution is 7.93. The first-order valence-corrected chi connectivity index (χ1v) is 14.7. The molecule has 0 saturated carbocycles. The number of aromatic nitrogens is 1. The van der Waals surface area contributed by atoms with Crippen molar-refractivity contribution in [3.63, 3.8) is 0 Å². The average molecular weight is 600 g/mol. The third-order valence-corrected chi connectivity index (χ3v) is 8.12. The lowest BCUT2D eigenvalue weighted by atomic mass is 9.97. The van der Waals surface area contributed by atoms with Gasteiger partial charge in [0, 0.05) is 39.8 Å². The molecule has 7 nitrogen and oxygen atoms in total. The zero-order valence-electron chi connectivity index (χ0n) is 22.2. The number of ether oxygens (including phenoxy) is 1. The zero-order chi connectivity index (χ0) is 29.1. The van der Waals surface area contributed by atoms with Crippen molar-refractivity contribution >= 4 is 61.4 Å². The minimum Gasteiger partial charge on any atom is -0.459 e. The molecule has 10 heteroatoms.